The zero-order chi connectivity index (χ0) is 13.8. The summed E-state index contributed by atoms with van der Waals surface area (Å²) in [6, 6.07) is 5.18. The molecule has 0 fully saturated rings. The smallest absolute Gasteiger partial charge is 0.406 e. The van der Waals surface area contributed by atoms with Crippen LogP contribution in [0.4, 0.5) is 18.9 Å². The van der Waals surface area contributed by atoms with Gasteiger partial charge in [0.1, 0.15) is 11.6 Å². The van der Waals surface area contributed by atoms with E-state index in [-0.39, 0.29) is 17.3 Å². The molecular weight excluding hydrogens is 247 g/mol. The Balaban J connectivity index is 2.92. The molecule has 0 saturated carbocycles. The van der Waals surface area contributed by atoms with E-state index in [2.05, 4.69) is 9.73 Å². The number of allylic oxidation sites excluding steroid dienone is 1. The van der Waals surface area contributed by atoms with Crippen molar-refractivity contribution in [2.24, 2.45) is 16.5 Å². The molecule has 0 aliphatic carbocycles. The van der Waals surface area contributed by atoms with Crippen LogP contribution in [0.15, 0.2) is 41.0 Å². The van der Waals surface area contributed by atoms with Gasteiger partial charge in [-0.1, -0.05) is 6.07 Å². The molecule has 0 saturated heterocycles. The zero-order valence-corrected chi connectivity index (χ0v) is 9.53. The van der Waals surface area contributed by atoms with Crippen molar-refractivity contribution in [2.45, 2.75) is 13.3 Å². The van der Waals surface area contributed by atoms with E-state index in [1.807, 2.05) is 0 Å². The number of nitrogens with zero attached hydrogens (tertiary/aromatic N) is 1. The topological polar surface area (TPSA) is 73.6 Å². The maximum atomic E-state index is 12.0. The fourth-order valence-corrected chi connectivity index (χ4v) is 1.16. The molecular formula is C11H12F3N3O. The van der Waals surface area contributed by atoms with Crippen molar-refractivity contribution in [2.75, 3.05) is 0 Å². The van der Waals surface area contributed by atoms with Crippen LogP contribution in [-0.2, 0) is 0 Å². The van der Waals surface area contributed by atoms with Gasteiger partial charge in [0.05, 0.1) is 5.69 Å². The summed E-state index contributed by atoms with van der Waals surface area (Å²) in [4.78, 5) is 3.88. The van der Waals surface area contributed by atoms with Crippen molar-refractivity contribution in [3.8, 4) is 5.75 Å². The number of amidine groups is 1. The molecule has 1 aromatic rings. The SMILES string of the molecule is CC(N)=CC(N)=Nc1cccc(OC(F)(F)F)c1. The lowest BCUT2D eigenvalue weighted by Gasteiger charge is -2.08. The minimum atomic E-state index is -4.73. The van der Waals surface area contributed by atoms with Gasteiger partial charge in [0.2, 0.25) is 0 Å². The minimum absolute atomic E-state index is 0.0964. The monoisotopic (exact) mass is 259 g/mol. The number of aliphatic imine (C=N–C) groups is 1. The van der Waals surface area contributed by atoms with E-state index in [9.17, 15) is 13.2 Å². The molecule has 1 rings (SSSR count). The number of benzene rings is 1. The van der Waals surface area contributed by atoms with E-state index in [1.165, 1.54) is 24.3 Å². The van der Waals surface area contributed by atoms with Gasteiger partial charge in [-0.3, -0.25) is 0 Å². The molecule has 0 radical (unpaired) electrons. The van der Waals surface area contributed by atoms with Crippen LogP contribution in [0.3, 0.4) is 0 Å². The fraction of sp³-hybridized carbons (Fsp3) is 0.182. The Morgan fingerprint density at radius 2 is 2.00 bits per heavy atom. The molecule has 18 heavy (non-hydrogen) atoms. The summed E-state index contributed by atoms with van der Waals surface area (Å²) < 4.78 is 39.8. The van der Waals surface area contributed by atoms with E-state index < -0.39 is 6.36 Å². The molecule has 0 aliphatic rings. The first-order chi connectivity index (χ1) is 8.26. The summed E-state index contributed by atoms with van der Waals surface area (Å²) in [5, 5.41) is 0. The molecule has 0 aliphatic heterocycles. The predicted octanol–water partition coefficient (Wildman–Crippen LogP) is 2.44. The molecule has 1 aromatic carbocycles. The minimum Gasteiger partial charge on any atom is -0.406 e. The van der Waals surface area contributed by atoms with Crippen molar-refractivity contribution < 1.29 is 17.9 Å². The molecule has 98 valence electrons. The van der Waals surface area contributed by atoms with Crippen LogP contribution < -0.4 is 16.2 Å². The summed E-state index contributed by atoms with van der Waals surface area (Å²) in [5.74, 6) is -0.260. The van der Waals surface area contributed by atoms with Gasteiger partial charge in [-0.25, -0.2) is 4.99 Å². The second-order valence-corrected chi connectivity index (χ2v) is 3.47. The molecule has 0 bridgehead atoms. The first-order valence-electron chi connectivity index (χ1n) is 4.90. The number of rotatable bonds is 3. The average molecular weight is 259 g/mol. The van der Waals surface area contributed by atoms with Crippen molar-refractivity contribution in [3.05, 3.63) is 36.0 Å². The van der Waals surface area contributed by atoms with Gasteiger partial charge in [0.15, 0.2) is 0 Å². The summed E-state index contributed by atoms with van der Waals surface area (Å²) in [6.45, 7) is 1.62. The normalized spacial score (nSPS) is 13.6. The summed E-state index contributed by atoms with van der Waals surface area (Å²) in [6.07, 6.45) is -3.33. The van der Waals surface area contributed by atoms with Crippen LogP contribution in [0, 0.1) is 0 Å². The summed E-state index contributed by atoms with van der Waals surface area (Å²) in [5.41, 5.74) is 11.6. The van der Waals surface area contributed by atoms with Gasteiger partial charge in [0, 0.05) is 11.8 Å². The van der Waals surface area contributed by atoms with Crippen LogP contribution in [0.25, 0.3) is 0 Å². The highest BCUT2D eigenvalue weighted by molar-refractivity contribution is 5.93. The van der Waals surface area contributed by atoms with Crippen LogP contribution in [0.1, 0.15) is 6.92 Å². The van der Waals surface area contributed by atoms with E-state index in [4.69, 9.17) is 11.5 Å². The lowest BCUT2D eigenvalue weighted by atomic mass is 10.3. The maximum absolute atomic E-state index is 12.0. The molecule has 0 unspecified atom stereocenters. The number of ether oxygens (including phenoxy) is 1. The zero-order valence-electron chi connectivity index (χ0n) is 9.53. The molecule has 7 heteroatoms. The summed E-state index contributed by atoms with van der Waals surface area (Å²) >= 11 is 0. The van der Waals surface area contributed by atoms with Crippen molar-refractivity contribution in [1.82, 2.24) is 0 Å². The van der Waals surface area contributed by atoms with Crippen LogP contribution in [0.2, 0.25) is 0 Å². The standard InChI is InChI=1S/C11H12F3N3O/c1-7(15)5-10(16)17-8-3-2-4-9(6-8)18-11(12,13)14/h2-6H,15H2,1H3,(H2,16,17). The Morgan fingerprint density at radius 1 is 1.33 bits per heavy atom. The predicted molar refractivity (Wildman–Crippen MR) is 62.4 cm³/mol. The van der Waals surface area contributed by atoms with Gasteiger partial charge in [-0.05, 0) is 25.1 Å². The Kier molecular flexibility index (Phi) is 4.19. The molecule has 0 amide bonds. The number of alkyl halides is 3. The van der Waals surface area contributed by atoms with Gasteiger partial charge in [-0.2, -0.15) is 0 Å². The quantitative estimate of drug-likeness (QED) is 0.646. The number of hydrogen-bond acceptors (Lipinski definition) is 3. The molecule has 4 N–H and O–H groups in total. The van der Waals surface area contributed by atoms with E-state index in [1.54, 1.807) is 6.92 Å². The third-order valence-electron chi connectivity index (χ3n) is 1.68. The highest BCUT2D eigenvalue weighted by atomic mass is 19.4. The van der Waals surface area contributed by atoms with Crippen LogP contribution >= 0.6 is 0 Å². The highest BCUT2D eigenvalue weighted by Gasteiger charge is 2.31. The highest BCUT2D eigenvalue weighted by Crippen LogP contribution is 2.26. The molecule has 0 heterocycles. The lowest BCUT2D eigenvalue weighted by molar-refractivity contribution is -0.274. The molecule has 0 spiro atoms. The second-order valence-electron chi connectivity index (χ2n) is 3.47. The van der Waals surface area contributed by atoms with E-state index >= 15 is 0 Å². The van der Waals surface area contributed by atoms with Crippen molar-refractivity contribution in [1.29, 1.82) is 0 Å². The number of hydrogen-bond donors (Lipinski definition) is 2. The van der Waals surface area contributed by atoms with Gasteiger partial charge in [-0.15, -0.1) is 13.2 Å². The Hall–Kier alpha value is -2.18. The molecule has 0 aromatic heterocycles. The Bertz CT molecular complexity index is 477. The fourth-order valence-electron chi connectivity index (χ4n) is 1.16. The number of nitrogens with two attached hydrogens (primary N) is 2. The maximum Gasteiger partial charge on any atom is 0.573 e. The van der Waals surface area contributed by atoms with Gasteiger partial charge < -0.3 is 16.2 Å². The largest absolute Gasteiger partial charge is 0.573 e. The third kappa shape index (κ3) is 5.24. The Labute approximate surface area is 102 Å². The first-order valence-corrected chi connectivity index (χ1v) is 4.90. The Morgan fingerprint density at radius 3 is 2.56 bits per heavy atom. The summed E-state index contributed by atoms with van der Waals surface area (Å²) in [7, 11) is 0. The number of halogens is 3. The van der Waals surface area contributed by atoms with Crippen molar-refractivity contribution >= 4 is 11.5 Å². The average Bonchev–Trinajstić information content (AvgIpc) is 2.13. The third-order valence-corrected chi connectivity index (χ3v) is 1.68. The van der Waals surface area contributed by atoms with Crippen LogP contribution in [0.5, 0.6) is 5.75 Å². The van der Waals surface area contributed by atoms with E-state index in [0.29, 0.717) is 5.70 Å². The first kappa shape index (κ1) is 13.9. The van der Waals surface area contributed by atoms with Gasteiger partial charge in [0.25, 0.3) is 0 Å². The molecule has 4 nitrogen and oxygen atoms in total. The van der Waals surface area contributed by atoms with Crippen molar-refractivity contribution in [3.63, 3.8) is 0 Å². The van der Waals surface area contributed by atoms with Crippen LogP contribution in [-0.4, -0.2) is 12.2 Å². The second kappa shape index (κ2) is 5.44. The lowest BCUT2D eigenvalue weighted by Crippen LogP contribution is -2.17. The van der Waals surface area contributed by atoms with Gasteiger partial charge >= 0.3 is 6.36 Å². The molecule has 0 atom stereocenters. The van der Waals surface area contributed by atoms with E-state index in [0.717, 1.165) is 6.07 Å².